The minimum Gasteiger partial charge on any atom is -0.437 e. The van der Waals surface area contributed by atoms with Crippen molar-refractivity contribution in [3.8, 4) is 11.6 Å². The van der Waals surface area contributed by atoms with E-state index in [1.807, 2.05) is 41.3 Å². The van der Waals surface area contributed by atoms with E-state index >= 15 is 0 Å². The predicted molar refractivity (Wildman–Crippen MR) is 126 cm³/mol. The zero-order valence-corrected chi connectivity index (χ0v) is 19.3. The van der Waals surface area contributed by atoms with E-state index < -0.39 is 10.2 Å². The highest BCUT2D eigenvalue weighted by atomic mass is 35.5. The fourth-order valence-electron chi connectivity index (χ4n) is 3.38. The van der Waals surface area contributed by atoms with Gasteiger partial charge < -0.3 is 9.64 Å². The average Bonchev–Trinajstić information content (AvgIpc) is 2.74. The summed E-state index contributed by atoms with van der Waals surface area (Å²) in [7, 11) is -4.08. The zero-order valence-electron chi connectivity index (χ0n) is 17.7. The van der Waals surface area contributed by atoms with Gasteiger partial charge in [0.2, 0.25) is 5.88 Å². The smallest absolute Gasteiger partial charge is 0.318 e. The van der Waals surface area contributed by atoms with Crippen LogP contribution >= 0.6 is 11.6 Å². The van der Waals surface area contributed by atoms with Crippen molar-refractivity contribution in [3.63, 3.8) is 0 Å². The first-order valence-electron chi connectivity index (χ1n) is 9.94. The number of hydrogen-bond acceptors (Lipinski definition) is 5. The second kappa shape index (κ2) is 10.5. The maximum absolute atomic E-state index is 11.7. The molecule has 168 valence electrons. The van der Waals surface area contributed by atoms with Crippen molar-refractivity contribution < 1.29 is 13.2 Å². The lowest BCUT2D eigenvalue weighted by Gasteiger charge is -2.33. The summed E-state index contributed by atoms with van der Waals surface area (Å²) in [6.07, 6.45) is 6.20. The van der Waals surface area contributed by atoms with Gasteiger partial charge in [-0.15, -0.1) is 4.40 Å². The van der Waals surface area contributed by atoms with E-state index in [2.05, 4.69) is 21.3 Å². The molecule has 1 aromatic heterocycles. The molecule has 0 saturated heterocycles. The number of amidine groups is 1. The molecule has 0 fully saturated rings. The summed E-state index contributed by atoms with van der Waals surface area (Å²) in [4.78, 5) is 9.99. The molecule has 1 heterocycles. The third-order valence-corrected chi connectivity index (χ3v) is 5.36. The first-order chi connectivity index (χ1) is 15.3. The lowest BCUT2D eigenvalue weighted by Crippen LogP contribution is -2.34. The zero-order chi connectivity index (χ0) is 23.1. The van der Waals surface area contributed by atoms with Crippen LogP contribution in [-0.2, 0) is 10.2 Å². The maximum Gasteiger partial charge on any atom is 0.318 e. The number of halogens is 1. The molecule has 1 atom stereocenters. The van der Waals surface area contributed by atoms with E-state index in [1.165, 1.54) is 6.20 Å². The van der Waals surface area contributed by atoms with Gasteiger partial charge in [-0.25, -0.2) is 10.1 Å². The molecule has 0 spiro atoms. The molecule has 32 heavy (non-hydrogen) atoms. The van der Waals surface area contributed by atoms with Crippen LogP contribution in [0.2, 0.25) is 5.02 Å². The van der Waals surface area contributed by atoms with Crippen LogP contribution in [0.3, 0.4) is 0 Å². The van der Waals surface area contributed by atoms with E-state index in [9.17, 15) is 8.42 Å². The van der Waals surface area contributed by atoms with Gasteiger partial charge in [-0.3, -0.25) is 4.98 Å². The van der Waals surface area contributed by atoms with Crippen LogP contribution in [0.1, 0.15) is 38.3 Å². The molecule has 0 bridgehead atoms. The highest BCUT2D eigenvalue weighted by Gasteiger charge is 2.24. The number of rotatable bonds is 8. The lowest BCUT2D eigenvalue weighted by molar-refractivity contribution is 0.458. The fourth-order valence-corrected chi connectivity index (χ4v) is 3.97. The first-order valence-corrected chi connectivity index (χ1v) is 11.8. The lowest BCUT2D eigenvalue weighted by atomic mass is 9.99. The summed E-state index contributed by atoms with van der Waals surface area (Å²) in [5.41, 5.74) is 1.64. The first kappa shape index (κ1) is 23.6. The number of nitrogens with two attached hydrogens (primary N) is 1. The van der Waals surface area contributed by atoms with Gasteiger partial charge in [-0.1, -0.05) is 37.1 Å². The van der Waals surface area contributed by atoms with Crippen molar-refractivity contribution in [1.29, 1.82) is 0 Å². The molecule has 0 aliphatic carbocycles. The van der Waals surface area contributed by atoms with Crippen LogP contribution in [0.25, 0.3) is 0 Å². The Morgan fingerprint density at radius 3 is 2.59 bits per heavy atom. The third-order valence-electron chi connectivity index (χ3n) is 4.59. The van der Waals surface area contributed by atoms with Crippen LogP contribution in [0.5, 0.6) is 11.6 Å². The monoisotopic (exact) mass is 473 g/mol. The van der Waals surface area contributed by atoms with Crippen molar-refractivity contribution in [2.75, 3.05) is 4.90 Å². The quantitative estimate of drug-likeness (QED) is 0.368. The Labute approximate surface area is 192 Å². The summed E-state index contributed by atoms with van der Waals surface area (Å²) >= 11 is 6.07. The van der Waals surface area contributed by atoms with Gasteiger partial charge >= 0.3 is 10.2 Å². The maximum atomic E-state index is 11.7. The average molecular weight is 474 g/mol. The van der Waals surface area contributed by atoms with E-state index in [0.717, 1.165) is 17.7 Å². The molecule has 0 aliphatic rings. The van der Waals surface area contributed by atoms with Gasteiger partial charge in [-0.2, -0.15) is 8.42 Å². The van der Waals surface area contributed by atoms with Crippen molar-refractivity contribution in [3.05, 3.63) is 77.7 Å². The molecule has 3 aromatic rings. The van der Waals surface area contributed by atoms with E-state index in [1.54, 1.807) is 31.5 Å². The molecular weight excluding hydrogens is 450 g/mol. The summed E-state index contributed by atoms with van der Waals surface area (Å²) in [5, 5.41) is 5.77. The Morgan fingerprint density at radius 1 is 1.22 bits per heavy atom. The topological polar surface area (TPSA) is 111 Å². The molecule has 0 saturated carbocycles. The highest BCUT2D eigenvalue weighted by molar-refractivity contribution is 7.88. The van der Waals surface area contributed by atoms with Gasteiger partial charge in [0.05, 0.1) is 12.2 Å². The highest BCUT2D eigenvalue weighted by Crippen LogP contribution is 2.34. The standard InChI is InChI=1S/C22H24ClN5O3S/c1-3-5-21(17-6-4-7-20(14-17)31-22-15-25-12-13-26-22)28(16(2)27-32(24,29)30)19-10-8-18(23)9-11-19/h4,6-15,21H,3,5H2,1-2H3,(H2,24,29,30)/t21-/m1/s1. The van der Waals surface area contributed by atoms with Crippen molar-refractivity contribution in [2.24, 2.45) is 9.54 Å². The van der Waals surface area contributed by atoms with Crippen molar-refractivity contribution in [1.82, 2.24) is 9.97 Å². The Hall–Kier alpha value is -3.01. The number of benzene rings is 2. The SMILES string of the molecule is CCC[C@H](c1cccc(Oc2cnccn2)c1)N(C(C)=NS(N)(=O)=O)c1ccc(Cl)cc1. The van der Waals surface area contributed by atoms with Gasteiger partial charge in [0.25, 0.3) is 0 Å². The molecule has 3 rings (SSSR count). The largest absolute Gasteiger partial charge is 0.437 e. The van der Waals surface area contributed by atoms with Crippen molar-refractivity contribution >= 4 is 33.3 Å². The van der Waals surface area contributed by atoms with Gasteiger partial charge in [0, 0.05) is 23.1 Å². The molecule has 8 nitrogen and oxygen atoms in total. The van der Waals surface area contributed by atoms with Crippen LogP contribution in [0, 0.1) is 0 Å². The molecular formula is C22H24ClN5O3S. The molecule has 0 aliphatic heterocycles. The molecule has 2 aromatic carbocycles. The normalized spacial score (nSPS) is 12.9. The van der Waals surface area contributed by atoms with Crippen LogP contribution in [0.4, 0.5) is 5.69 Å². The summed E-state index contributed by atoms with van der Waals surface area (Å²) in [5.74, 6) is 1.20. The Morgan fingerprint density at radius 2 is 1.97 bits per heavy atom. The van der Waals surface area contributed by atoms with Gasteiger partial charge in [0.15, 0.2) is 0 Å². The summed E-state index contributed by atoms with van der Waals surface area (Å²) < 4.78 is 33.0. The number of aromatic nitrogens is 2. The number of ether oxygens (including phenoxy) is 1. The molecule has 0 radical (unpaired) electrons. The van der Waals surface area contributed by atoms with Gasteiger partial charge in [0.1, 0.15) is 11.6 Å². The van der Waals surface area contributed by atoms with Crippen LogP contribution < -0.4 is 14.8 Å². The second-order valence-electron chi connectivity index (χ2n) is 7.02. The minimum absolute atomic E-state index is 0.239. The number of anilines is 1. The Kier molecular flexibility index (Phi) is 7.79. The summed E-state index contributed by atoms with van der Waals surface area (Å²) in [6, 6.07) is 14.4. The number of hydrogen-bond donors (Lipinski definition) is 1. The minimum atomic E-state index is -4.08. The predicted octanol–water partition coefficient (Wildman–Crippen LogP) is 4.89. The van der Waals surface area contributed by atoms with E-state index in [-0.39, 0.29) is 11.9 Å². The Balaban J connectivity index is 2.06. The van der Waals surface area contributed by atoms with Crippen LogP contribution in [0.15, 0.2) is 71.5 Å². The third kappa shape index (κ3) is 6.49. The molecule has 0 amide bonds. The fraction of sp³-hybridized carbons (Fsp3) is 0.227. The molecule has 0 unspecified atom stereocenters. The molecule has 2 N–H and O–H groups in total. The van der Waals surface area contributed by atoms with E-state index in [4.69, 9.17) is 21.5 Å². The van der Waals surface area contributed by atoms with Crippen molar-refractivity contribution in [2.45, 2.75) is 32.7 Å². The van der Waals surface area contributed by atoms with Gasteiger partial charge in [-0.05, 0) is 55.3 Å². The van der Waals surface area contributed by atoms with Crippen LogP contribution in [-0.4, -0.2) is 24.2 Å². The number of nitrogens with zero attached hydrogens (tertiary/aromatic N) is 4. The second-order valence-corrected chi connectivity index (χ2v) is 8.67. The Bertz CT molecular complexity index is 1170. The van der Waals surface area contributed by atoms with E-state index in [0.29, 0.717) is 23.1 Å². The summed E-state index contributed by atoms with van der Waals surface area (Å²) in [6.45, 7) is 3.67. The molecule has 10 heteroatoms.